The van der Waals surface area contributed by atoms with Crippen LogP contribution in [0.1, 0.15) is 38.5 Å². The lowest BCUT2D eigenvalue weighted by atomic mass is 10.1. The second-order valence-electron chi connectivity index (χ2n) is 4.17. The summed E-state index contributed by atoms with van der Waals surface area (Å²) >= 11 is 0. The van der Waals surface area contributed by atoms with Crippen molar-refractivity contribution in [1.29, 1.82) is 0 Å². The number of alkyl halides is 2. The van der Waals surface area contributed by atoms with Gasteiger partial charge in [-0.2, -0.15) is 4.39 Å². The molecule has 0 aliphatic carbocycles. The maximum Gasteiger partial charge on any atom is 0.270 e. The van der Waals surface area contributed by atoms with Crippen molar-refractivity contribution in [3.8, 4) is 0 Å². The third kappa shape index (κ3) is 1.76. The van der Waals surface area contributed by atoms with E-state index in [9.17, 15) is 13.2 Å². The lowest BCUT2D eigenvalue weighted by Crippen LogP contribution is -2.24. The molecule has 0 radical (unpaired) electrons. The van der Waals surface area contributed by atoms with Gasteiger partial charge in [-0.1, -0.05) is 0 Å². The maximum atomic E-state index is 13.0. The maximum absolute atomic E-state index is 13.0. The molecule has 0 aromatic carbocycles. The number of hydrogen-bond acceptors (Lipinski definition) is 1. The van der Waals surface area contributed by atoms with Crippen LogP contribution in [0.4, 0.5) is 13.2 Å². The minimum atomic E-state index is -2.81. The number of halogens is 3. The summed E-state index contributed by atoms with van der Waals surface area (Å²) in [5.41, 5.74) is -0.900. The Balaban J connectivity index is 3.31. The molecule has 2 nitrogen and oxygen atoms in total. The van der Waals surface area contributed by atoms with Gasteiger partial charge >= 0.3 is 0 Å². The van der Waals surface area contributed by atoms with E-state index in [4.69, 9.17) is 0 Å². The summed E-state index contributed by atoms with van der Waals surface area (Å²) in [4.78, 5) is 0. The van der Waals surface area contributed by atoms with Crippen molar-refractivity contribution in [2.75, 3.05) is 0 Å². The van der Waals surface area contributed by atoms with Crippen LogP contribution in [0.3, 0.4) is 0 Å². The fourth-order valence-corrected chi connectivity index (χ4v) is 1.38. The summed E-state index contributed by atoms with van der Waals surface area (Å²) in [5, 5.41) is 3.47. The Morgan fingerprint density at radius 2 is 1.79 bits per heavy atom. The zero-order valence-electron chi connectivity index (χ0n) is 8.61. The van der Waals surface area contributed by atoms with E-state index in [-0.39, 0.29) is 5.69 Å². The molecule has 0 spiro atoms. The van der Waals surface area contributed by atoms with E-state index in [0.717, 1.165) is 0 Å². The van der Waals surface area contributed by atoms with E-state index < -0.39 is 23.5 Å². The van der Waals surface area contributed by atoms with Crippen molar-refractivity contribution in [3.63, 3.8) is 0 Å². The summed E-state index contributed by atoms with van der Waals surface area (Å²) in [6, 6.07) is 0. The highest BCUT2D eigenvalue weighted by atomic mass is 19.3. The number of rotatable bonds is 1. The Morgan fingerprint density at radius 1 is 1.29 bits per heavy atom. The van der Waals surface area contributed by atoms with E-state index in [1.54, 1.807) is 20.8 Å². The summed E-state index contributed by atoms with van der Waals surface area (Å²) in [7, 11) is 0. The standard InChI is InChI=1S/C9H13F3N2/c1-5-6(7(10)11)8(12)13-14(5)9(2,3)4/h7H,1-4H3. The summed E-state index contributed by atoms with van der Waals surface area (Å²) in [6.45, 7) is 6.79. The molecule has 0 aliphatic heterocycles. The molecule has 0 saturated heterocycles. The molecule has 0 bridgehead atoms. The molecule has 0 unspecified atom stereocenters. The monoisotopic (exact) mass is 206 g/mol. The first kappa shape index (κ1) is 11.1. The molecule has 1 rings (SSSR count). The van der Waals surface area contributed by atoms with Crippen molar-refractivity contribution in [1.82, 2.24) is 9.78 Å². The van der Waals surface area contributed by atoms with Gasteiger partial charge in [0.25, 0.3) is 6.43 Å². The van der Waals surface area contributed by atoms with Gasteiger partial charge in [-0.3, -0.25) is 4.68 Å². The Hall–Kier alpha value is -1.00. The lowest BCUT2D eigenvalue weighted by molar-refractivity contribution is 0.145. The third-order valence-electron chi connectivity index (χ3n) is 1.97. The quantitative estimate of drug-likeness (QED) is 0.690. The van der Waals surface area contributed by atoms with Gasteiger partial charge in [0.1, 0.15) is 0 Å². The predicted molar refractivity (Wildman–Crippen MR) is 46.9 cm³/mol. The fraction of sp³-hybridized carbons (Fsp3) is 0.667. The van der Waals surface area contributed by atoms with Crippen molar-refractivity contribution in [3.05, 3.63) is 17.2 Å². The summed E-state index contributed by atoms with van der Waals surface area (Å²) in [5.74, 6) is -1.08. The van der Waals surface area contributed by atoms with Gasteiger partial charge in [-0.05, 0) is 27.7 Å². The molecule has 1 heterocycles. The first-order valence-corrected chi connectivity index (χ1v) is 4.28. The molecule has 0 fully saturated rings. The van der Waals surface area contributed by atoms with Gasteiger partial charge < -0.3 is 0 Å². The SMILES string of the molecule is Cc1c(C(F)F)c(F)nn1C(C)(C)C. The van der Waals surface area contributed by atoms with Crippen molar-refractivity contribution in [2.24, 2.45) is 0 Å². The summed E-state index contributed by atoms with van der Waals surface area (Å²) in [6.07, 6.45) is -2.81. The van der Waals surface area contributed by atoms with Crippen molar-refractivity contribution in [2.45, 2.75) is 39.7 Å². The second-order valence-corrected chi connectivity index (χ2v) is 4.17. The molecule has 0 atom stereocenters. The fourth-order valence-electron chi connectivity index (χ4n) is 1.38. The van der Waals surface area contributed by atoms with Gasteiger partial charge in [0.05, 0.1) is 11.1 Å². The molecule has 5 heteroatoms. The minimum absolute atomic E-state index is 0.185. The lowest BCUT2D eigenvalue weighted by Gasteiger charge is -2.21. The number of aromatic nitrogens is 2. The van der Waals surface area contributed by atoms with Crippen molar-refractivity contribution < 1.29 is 13.2 Å². The molecule has 1 aromatic rings. The molecule has 0 saturated carbocycles. The van der Waals surface area contributed by atoms with E-state index in [1.165, 1.54) is 11.6 Å². The van der Waals surface area contributed by atoms with E-state index >= 15 is 0 Å². The normalized spacial score (nSPS) is 12.6. The Morgan fingerprint density at radius 3 is 2.00 bits per heavy atom. The molecule has 0 amide bonds. The van der Waals surface area contributed by atoms with Crippen LogP contribution < -0.4 is 0 Å². The van der Waals surface area contributed by atoms with Crippen LogP contribution in [0.5, 0.6) is 0 Å². The first-order chi connectivity index (χ1) is 6.25. The molecular formula is C9H13F3N2. The average molecular weight is 206 g/mol. The highest BCUT2D eigenvalue weighted by Crippen LogP contribution is 2.28. The minimum Gasteiger partial charge on any atom is -0.261 e. The van der Waals surface area contributed by atoms with Crippen molar-refractivity contribution >= 4 is 0 Å². The molecular weight excluding hydrogens is 193 g/mol. The Labute approximate surface area is 80.7 Å². The van der Waals surface area contributed by atoms with Crippen LogP contribution in [0, 0.1) is 12.9 Å². The zero-order chi connectivity index (χ0) is 11.1. The van der Waals surface area contributed by atoms with E-state index in [1.807, 2.05) is 0 Å². The molecule has 14 heavy (non-hydrogen) atoms. The smallest absolute Gasteiger partial charge is 0.261 e. The largest absolute Gasteiger partial charge is 0.270 e. The highest BCUT2D eigenvalue weighted by molar-refractivity contribution is 5.20. The third-order valence-corrected chi connectivity index (χ3v) is 1.97. The molecule has 0 aliphatic rings. The van der Waals surface area contributed by atoms with Crippen LogP contribution >= 0.6 is 0 Å². The summed E-state index contributed by atoms with van der Waals surface area (Å²) < 4.78 is 39.1. The first-order valence-electron chi connectivity index (χ1n) is 4.28. The average Bonchev–Trinajstić information content (AvgIpc) is 2.24. The Kier molecular flexibility index (Phi) is 2.61. The van der Waals surface area contributed by atoms with Gasteiger partial charge in [0.2, 0.25) is 5.95 Å². The van der Waals surface area contributed by atoms with Gasteiger partial charge in [0.15, 0.2) is 0 Å². The van der Waals surface area contributed by atoms with Crippen LogP contribution in [-0.2, 0) is 5.54 Å². The molecule has 0 N–H and O–H groups in total. The molecule has 1 aromatic heterocycles. The molecule has 80 valence electrons. The zero-order valence-corrected chi connectivity index (χ0v) is 8.61. The second kappa shape index (κ2) is 3.29. The van der Waals surface area contributed by atoms with Gasteiger partial charge in [0, 0.05) is 5.69 Å². The van der Waals surface area contributed by atoms with Crippen LogP contribution in [0.15, 0.2) is 0 Å². The van der Waals surface area contributed by atoms with E-state index in [2.05, 4.69) is 5.10 Å². The van der Waals surface area contributed by atoms with Crippen LogP contribution in [0.2, 0.25) is 0 Å². The Bertz CT molecular complexity index is 337. The number of nitrogens with zero attached hydrogens (tertiary/aromatic N) is 2. The number of hydrogen-bond donors (Lipinski definition) is 0. The van der Waals surface area contributed by atoms with Crippen LogP contribution in [0.25, 0.3) is 0 Å². The highest BCUT2D eigenvalue weighted by Gasteiger charge is 2.27. The predicted octanol–water partition coefficient (Wildman–Crippen LogP) is 3.02. The van der Waals surface area contributed by atoms with Crippen LogP contribution in [-0.4, -0.2) is 9.78 Å². The topological polar surface area (TPSA) is 17.8 Å². The van der Waals surface area contributed by atoms with Gasteiger partial charge in [-0.25, -0.2) is 8.78 Å². The van der Waals surface area contributed by atoms with Gasteiger partial charge in [-0.15, -0.1) is 5.10 Å². The van der Waals surface area contributed by atoms with E-state index in [0.29, 0.717) is 0 Å².